The minimum Gasteiger partial charge on any atom is -0.352 e. The van der Waals surface area contributed by atoms with E-state index >= 15 is 0 Å². The zero-order valence-electron chi connectivity index (χ0n) is 24.5. The van der Waals surface area contributed by atoms with Crippen LogP contribution in [0, 0.1) is 0 Å². The lowest BCUT2D eigenvalue weighted by atomic mass is 10.0. The molecule has 0 bridgehead atoms. The van der Waals surface area contributed by atoms with Crippen LogP contribution in [0.2, 0.25) is 5.02 Å². The van der Waals surface area contributed by atoms with Crippen molar-refractivity contribution >= 4 is 39.1 Å². The van der Waals surface area contributed by atoms with Crippen LogP contribution in [0.15, 0.2) is 78.9 Å². The normalized spacial score (nSPS) is 14.5. The number of amides is 2. The summed E-state index contributed by atoms with van der Waals surface area (Å²) in [5.74, 6) is -0.705. The third kappa shape index (κ3) is 8.13. The number of hydrogen-bond donors (Lipinski definition) is 1. The van der Waals surface area contributed by atoms with Crippen LogP contribution in [0.4, 0.5) is 5.69 Å². The Morgan fingerprint density at radius 2 is 1.55 bits per heavy atom. The molecule has 1 atom stereocenters. The van der Waals surface area contributed by atoms with E-state index in [0.717, 1.165) is 47.4 Å². The van der Waals surface area contributed by atoms with Crippen molar-refractivity contribution in [1.29, 1.82) is 0 Å². The van der Waals surface area contributed by atoms with E-state index in [-0.39, 0.29) is 30.8 Å². The number of benzene rings is 3. The zero-order chi connectivity index (χ0) is 30.3. The maximum atomic E-state index is 14.3. The summed E-state index contributed by atoms with van der Waals surface area (Å²) in [6.07, 6.45) is 5.28. The Bertz CT molecular complexity index is 1470. The second-order valence-corrected chi connectivity index (χ2v) is 13.6. The lowest BCUT2D eigenvalue weighted by molar-refractivity contribution is -0.140. The SMILES string of the molecule is CC(C)c1ccccc1N(CC(=O)N(Cc1ccccc1Cl)[C@H](Cc1ccccc1)C(=O)NC1CCCC1)S(C)(=O)=O. The van der Waals surface area contributed by atoms with Crippen molar-refractivity contribution in [3.8, 4) is 0 Å². The van der Waals surface area contributed by atoms with E-state index in [1.54, 1.807) is 24.3 Å². The van der Waals surface area contributed by atoms with E-state index in [9.17, 15) is 18.0 Å². The Morgan fingerprint density at radius 3 is 2.19 bits per heavy atom. The molecule has 0 aromatic heterocycles. The second kappa shape index (κ2) is 14.2. The van der Waals surface area contributed by atoms with E-state index in [0.29, 0.717) is 16.3 Å². The number of halogens is 1. The lowest BCUT2D eigenvalue weighted by Gasteiger charge is -2.34. The van der Waals surface area contributed by atoms with E-state index in [1.165, 1.54) is 4.90 Å². The molecule has 42 heavy (non-hydrogen) atoms. The third-order valence-electron chi connectivity index (χ3n) is 7.78. The van der Waals surface area contributed by atoms with Gasteiger partial charge in [0.2, 0.25) is 21.8 Å². The van der Waals surface area contributed by atoms with Crippen molar-refractivity contribution in [2.24, 2.45) is 0 Å². The summed E-state index contributed by atoms with van der Waals surface area (Å²) in [7, 11) is -3.85. The first-order valence-electron chi connectivity index (χ1n) is 14.5. The van der Waals surface area contributed by atoms with Crippen LogP contribution in [0.1, 0.15) is 62.1 Å². The molecule has 1 aliphatic rings. The Kier molecular flexibility index (Phi) is 10.7. The molecule has 9 heteroatoms. The number of rotatable bonds is 12. The number of para-hydroxylation sites is 1. The first-order chi connectivity index (χ1) is 20.0. The molecule has 4 rings (SSSR count). The minimum absolute atomic E-state index is 0.0304. The number of carbonyl (C=O) groups is 2. The van der Waals surface area contributed by atoms with E-state index in [1.807, 2.05) is 68.4 Å². The van der Waals surface area contributed by atoms with Gasteiger partial charge in [-0.05, 0) is 47.6 Å². The summed E-state index contributed by atoms with van der Waals surface area (Å²) in [6, 6.07) is 23.1. The van der Waals surface area contributed by atoms with E-state index in [4.69, 9.17) is 11.6 Å². The van der Waals surface area contributed by atoms with Gasteiger partial charge in [-0.15, -0.1) is 0 Å². The highest BCUT2D eigenvalue weighted by atomic mass is 35.5. The molecule has 0 heterocycles. The first-order valence-corrected chi connectivity index (χ1v) is 16.7. The minimum atomic E-state index is -3.85. The van der Waals surface area contributed by atoms with Gasteiger partial charge in [0.25, 0.3) is 0 Å². The first kappa shape index (κ1) is 31.6. The fourth-order valence-corrected chi connectivity index (χ4v) is 6.59. The molecule has 0 aliphatic heterocycles. The molecule has 1 N–H and O–H groups in total. The summed E-state index contributed by atoms with van der Waals surface area (Å²) in [6.45, 7) is 3.56. The Hall–Kier alpha value is -3.36. The van der Waals surface area contributed by atoms with Crippen LogP contribution in [-0.4, -0.2) is 50.0 Å². The average Bonchev–Trinajstić information content (AvgIpc) is 3.47. The van der Waals surface area contributed by atoms with Gasteiger partial charge in [0, 0.05) is 24.0 Å². The van der Waals surface area contributed by atoms with Gasteiger partial charge in [-0.1, -0.05) is 105 Å². The van der Waals surface area contributed by atoms with Crippen molar-refractivity contribution < 1.29 is 18.0 Å². The van der Waals surface area contributed by atoms with Gasteiger partial charge >= 0.3 is 0 Å². The quantitative estimate of drug-likeness (QED) is 0.276. The van der Waals surface area contributed by atoms with Gasteiger partial charge in [-0.3, -0.25) is 13.9 Å². The highest BCUT2D eigenvalue weighted by Crippen LogP contribution is 2.30. The van der Waals surface area contributed by atoms with E-state index in [2.05, 4.69) is 5.32 Å². The molecule has 1 fully saturated rings. The molecule has 2 amide bonds. The third-order valence-corrected chi connectivity index (χ3v) is 9.27. The van der Waals surface area contributed by atoms with Gasteiger partial charge in [-0.25, -0.2) is 8.42 Å². The Morgan fingerprint density at radius 1 is 0.929 bits per heavy atom. The maximum absolute atomic E-state index is 14.3. The summed E-state index contributed by atoms with van der Waals surface area (Å²) >= 11 is 6.54. The smallest absolute Gasteiger partial charge is 0.244 e. The second-order valence-electron chi connectivity index (χ2n) is 11.3. The zero-order valence-corrected chi connectivity index (χ0v) is 26.1. The fourth-order valence-electron chi connectivity index (χ4n) is 5.53. The monoisotopic (exact) mass is 609 g/mol. The predicted octanol–water partition coefficient (Wildman–Crippen LogP) is 5.93. The van der Waals surface area contributed by atoms with Crippen molar-refractivity contribution in [3.05, 3.63) is 101 Å². The van der Waals surface area contributed by atoms with Crippen molar-refractivity contribution in [2.75, 3.05) is 17.1 Å². The molecule has 0 radical (unpaired) electrons. The van der Waals surface area contributed by atoms with Gasteiger partial charge in [0.05, 0.1) is 11.9 Å². The van der Waals surface area contributed by atoms with E-state index < -0.39 is 28.5 Å². The molecule has 1 saturated carbocycles. The van der Waals surface area contributed by atoms with Gasteiger partial charge in [0.15, 0.2) is 0 Å². The maximum Gasteiger partial charge on any atom is 0.244 e. The molecule has 224 valence electrons. The van der Waals surface area contributed by atoms with Gasteiger partial charge in [0.1, 0.15) is 12.6 Å². The topological polar surface area (TPSA) is 86.8 Å². The Balaban J connectivity index is 1.76. The van der Waals surface area contributed by atoms with Crippen molar-refractivity contribution in [1.82, 2.24) is 10.2 Å². The summed E-state index contributed by atoms with van der Waals surface area (Å²) in [5.41, 5.74) is 2.84. The Labute approximate surface area is 254 Å². The molecular formula is C33H40ClN3O4S. The number of nitrogens with one attached hydrogen (secondary N) is 1. The number of anilines is 1. The number of carbonyl (C=O) groups excluding carboxylic acids is 2. The van der Waals surface area contributed by atoms with Crippen molar-refractivity contribution in [2.45, 2.75) is 70.5 Å². The average molecular weight is 610 g/mol. The van der Waals surface area contributed by atoms with Gasteiger partial charge in [-0.2, -0.15) is 0 Å². The predicted molar refractivity (Wildman–Crippen MR) is 169 cm³/mol. The summed E-state index contributed by atoms with van der Waals surface area (Å²) in [5, 5.41) is 3.64. The lowest BCUT2D eigenvalue weighted by Crippen LogP contribution is -2.54. The molecule has 1 aliphatic carbocycles. The number of hydrogen-bond acceptors (Lipinski definition) is 4. The molecule has 7 nitrogen and oxygen atoms in total. The summed E-state index contributed by atoms with van der Waals surface area (Å²) in [4.78, 5) is 29.8. The molecule has 0 unspecified atom stereocenters. The van der Waals surface area contributed by atoms with Crippen molar-refractivity contribution in [3.63, 3.8) is 0 Å². The van der Waals surface area contributed by atoms with Gasteiger partial charge < -0.3 is 10.2 Å². The van der Waals surface area contributed by atoms with Crippen LogP contribution >= 0.6 is 11.6 Å². The molecular weight excluding hydrogens is 570 g/mol. The molecule has 3 aromatic carbocycles. The highest BCUT2D eigenvalue weighted by Gasteiger charge is 2.35. The fraction of sp³-hybridized carbons (Fsp3) is 0.394. The van der Waals surface area contributed by atoms with Crippen LogP contribution in [0.25, 0.3) is 0 Å². The molecule has 3 aromatic rings. The summed E-state index contributed by atoms with van der Waals surface area (Å²) < 4.78 is 27.5. The largest absolute Gasteiger partial charge is 0.352 e. The van der Waals surface area contributed by atoms with Crippen LogP contribution in [0.5, 0.6) is 0 Å². The highest BCUT2D eigenvalue weighted by molar-refractivity contribution is 7.92. The standard InChI is InChI=1S/C33H40ClN3O4S/c1-24(2)28-18-10-12-20-30(28)37(42(3,40)41)23-32(38)36(22-26-15-7-11-19-29(26)34)31(21-25-13-5-4-6-14-25)33(39)35-27-16-8-9-17-27/h4-7,10-15,18-20,24,27,31H,8-9,16-17,21-23H2,1-3H3,(H,35,39)/t31-/m1/s1. The van der Waals surface area contributed by atoms with Crippen LogP contribution < -0.4 is 9.62 Å². The van der Waals surface area contributed by atoms with Crippen LogP contribution in [-0.2, 0) is 32.6 Å². The number of nitrogens with zero attached hydrogens (tertiary/aromatic N) is 2. The number of sulfonamides is 1. The van der Waals surface area contributed by atoms with Crippen LogP contribution in [0.3, 0.4) is 0 Å². The molecule has 0 saturated heterocycles. The molecule has 0 spiro atoms.